The molecule has 5 aromatic rings. The number of nitrogens with one attached hydrogen (secondary N) is 1. The molecule has 0 bridgehead atoms. The van der Waals surface area contributed by atoms with Crippen LogP contribution in [0.4, 0.5) is 10.3 Å². The fourth-order valence-corrected chi connectivity index (χ4v) is 4.08. The van der Waals surface area contributed by atoms with Crippen molar-refractivity contribution in [3.05, 3.63) is 101 Å². The zero-order valence-electron chi connectivity index (χ0n) is 17.1. The molecule has 2 aromatic heterocycles. The van der Waals surface area contributed by atoms with Gasteiger partial charge in [-0.2, -0.15) is 0 Å². The first-order valence-electron chi connectivity index (χ1n) is 10.3. The molecule has 31 heavy (non-hydrogen) atoms. The maximum absolute atomic E-state index is 13.6. The van der Waals surface area contributed by atoms with Crippen molar-refractivity contribution >= 4 is 27.8 Å². The van der Waals surface area contributed by atoms with Gasteiger partial charge < -0.3 is 14.3 Å². The molecule has 4 nitrogen and oxygen atoms in total. The Labute approximate surface area is 178 Å². The summed E-state index contributed by atoms with van der Waals surface area (Å²) in [6.45, 7) is 3.02. The van der Waals surface area contributed by atoms with E-state index in [0.717, 1.165) is 22.0 Å². The number of nitrogens with zero attached hydrogens (tertiary/aromatic N) is 1. The van der Waals surface area contributed by atoms with Crippen molar-refractivity contribution in [2.24, 2.45) is 0 Å². The molecular weight excluding hydrogens is 391 g/mol. The SMILES string of the molecule is CCn1c(=O)c2c(-c3ccc(F)cc3)c(NCc3ccccc3)oc2c2ccccc21. The number of pyridine rings is 1. The normalized spacial score (nSPS) is 11.3. The first-order chi connectivity index (χ1) is 15.2. The van der Waals surface area contributed by atoms with Crippen LogP contribution in [-0.4, -0.2) is 4.57 Å². The summed E-state index contributed by atoms with van der Waals surface area (Å²) >= 11 is 0. The minimum atomic E-state index is -0.327. The fraction of sp³-hybridized carbons (Fsp3) is 0.115. The fourth-order valence-electron chi connectivity index (χ4n) is 4.08. The number of benzene rings is 3. The number of halogens is 1. The molecule has 0 aliphatic carbocycles. The quantitative estimate of drug-likeness (QED) is 0.375. The lowest BCUT2D eigenvalue weighted by Gasteiger charge is -2.09. The molecule has 0 aliphatic rings. The van der Waals surface area contributed by atoms with E-state index in [9.17, 15) is 9.18 Å². The summed E-state index contributed by atoms with van der Waals surface area (Å²) in [6, 6.07) is 23.8. The molecule has 5 heteroatoms. The number of anilines is 1. The average molecular weight is 412 g/mol. The monoisotopic (exact) mass is 412 g/mol. The summed E-state index contributed by atoms with van der Waals surface area (Å²) < 4.78 is 21.6. The molecule has 0 unspecified atom stereocenters. The van der Waals surface area contributed by atoms with Crippen molar-refractivity contribution in [3.63, 3.8) is 0 Å². The summed E-state index contributed by atoms with van der Waals surface area (Å²) in [5, 5.41) is 4.73. The van der Waals surface area contributed by atoms with E-state index < -0.39 is 0 Å². The molecule has 0 aliphatic heterocycles. The number of aromatic nitrogens is 1. The van der Waals surface area contributed by atoms with Gasteiger partial charge in [-0.05, 0) is 42.3 Å². The van der Waals surface area contributed by atoms with Crippen molar-refractivity contribution in [2.45, 2.75) is 20.0 Å². The van der Waals surface area contributed by atoms with Gasteiger partial charge in [-0.15, -0.1) is 0 Å². The Hall–Kier alpha value is -3.86. The molecular formula is C26H21FN2O2. The summed E-state index contributed by atoms with van der Waals surface area (Å²) in [5.74, 6) is 0.174. The van der Waals surface area contributed by atoms with Gasteiger partial charge in [0.1, 0.15) is 5.82 Å². The number of fused-ring (bicyclic) bond motifs is 3. The molecule has 0 spiro atoms. The Morgan fingerprint density at radius 2 is 1.65 bits per heavy atom. The molecule has 1 N–H and O–H groups in total. The average Bonchev–Trinajstić information content (AvgIpc) is 3.19. The van der Waals surface area contributed by atoms with E-state index in [1.54, 1.807) is 16.7 Å². The van der Waals surface area contributed by atoms with Gasteiger partial charge in [0, 0.05) is 18.5 Å². The van der Waals surface area contributed by atoms with E-state index in [0.29, 0.717) is 35.5 Å². The maximum atomic E-state index is 13.6. The Kier molecular flexibility index (Phi) is 4.79. The molecule has 0 saturated carbocycles. The first-order valence-corrected chi connectivity index (χ1v) is 10.3. The van der Waals surface area contributed by atoms with Crippen LogP contribution in [0.15, 0.2) is 88.1 Å². The number of furan rings is 1. The molecule has 0 radical (unpaired) electrons. The van der Waals surface area contributed by atoms with E-state index in [-0.39, 0.29) is 11.4 Å². The van der Waals surface area contributed by atoms with Gasteiger partial charge in [-0.1, -0.05) is 54.6 Å². The minimum absolute atomic E-state index is 0.118. The van der Waals surface area contributed by atoms with Crippen LogP contribution < -0.4 is 10.9 Å². The number of hydrogen-bond acceptors (Lipinski definition) is 3. The summed E-state index contributed by atoms with van der Waals surface area (Å²) in [6.07, 6.45) is 0. The van der Waals surface area contributed by atoms with Gasteiger partial charge in [-0.25, -0.2) is 4.39 Å². The predicted molar refractivity (Wildman–Crippen MR) is 123 cm³/mol. The van der Waals surface area contributed by atoms with E-state index >= 15 is 0 Å². The standard InChI is InChI=1S/C26H21FN2O2/c1-2-29-21-11-7-6-10-20(21)24-23(26(29)30)22(18-12-14-19(27)15-13-18)25(31-24)28-16-17-8-4-3-5-9-17/h3-15,28H,2,16H2,1H3. The summed E-state index contributed by atoms with van der Waals surface area (Å²) in [7, 11) is 0. The summed E-state index contributed by atoms with van der Waals surface area (Å²) in [5.41, 5.74) is 3.72. The van der Waals surface area contributed by atoms with E-state index in [2.05, 4.69) is 5.32 Å². The van der Waals surface area contributed by atoms with Crippen LogP contribution in [-0.2, 0) is 13.1 Å². The number of para-hydroxylation sites is 1. The van der Waals surface area contributed by atoms with Crippen LogP contribution >= 0.6 is 0 Å². The second-order valence-electron chi connectivity index (χ2n) is 7.42. The van der Waals surface area contributed by atoms with Gasteiger partial charge in [0.25, 0.3) is 5.56 Å². The molecule has 5 rings (SSSR count). The van der Waals surface area contributed by atoms with E-state index in [4.69, 9.17) is 4.42 Å². The third kappa shape index (κ3) is 3.28. The second-order valence-corrected chi connectivity index (χ2v) is 7.42. The number of rotatable bonds is 5. The van der Waals surface area contributed by atoms with Gasteiger partial charge in [0.2, 0.25) is 5.88 Å². The molecule has 0 atom stereocenters. The zero-order chi connectivity index (χ0) is 21.4. The minimum Gasteiger partial charge on any atom is -0.439 e. The highest BCUT2D eigenvalue weighted by molar-refractivity contribution is 6.10. The van der Waals surface area contributed by atoms with Crippen LogP contribution in [0.1, 0.15) is 12.5 Å². The van der Waals surface area contributed by atoms with E-state index in [1.807, 2.05) is 61.5 Å². The lowest BCUT2D eigenvalue weighted by atomic mass is 10.0. The highest BCUT2D eigenvalue weighted by Crippen LogP contribution is 2.39. The largest absolute Gasteiger partial charge is 0.439 e. The Morgan fingerprint density at radius 1 is 0.935 bits per heavy atom. The zero-order valence-corrected chi connectivity index (χ0v) is 17.1. The molecule has 2 heterocycles. The van der Waals surface area contributed by atoms with Crippen LogP contribution in [0, 0.1) is 5.82 Å². The van der Waals surface area contributed by atoms with Crippen LogP contribution in [0.25, 0.3) is 33.0 Å². The van der Waals surface area contributed by atoms with E-state index in [1.165, 1.54) is 12.1 Å². The van der Waals surface area contributed by atoms with Crippen molar-refractivity contribution in [1.82, 2.24) is 4.57 Å². The van der Waals surface area contributed by atoms with Crippen LogP contribution in [0.3, 0.4) is 0 Å². The van der Waals surface area contributed by atoms with Gasteiger partial charge in [-0.3, -0.25) is 4.79 Å². The Bertz CT molecular complexity index is 1430. The maximum Gasteiger partial charge on any atom is 0.262 e. The lowest BCUT2D eigenvalue weighted by molar-refractivity contribution is 0.626. The molecule has 3 aromatic carbocycles. The topological polar surface area (TPSA) is 47.2 Å². The second kappa shape index (κ2) is 7.76. The van der Waals surface area contributed by atoms with Gasteiger partial charge in [0.15, 0.2) is 5.58 Å². The lowest BCUT2D eigenvalue weighted by Crippen LogP contribution is -2.19. The Morgan fingerprint density at radius 3 is 2.39 bits per heavy atom. The van der Waals surface area contributed by atoms with Crippen molar-refractivity contribution in [2.75, 3.05) is 5.32 Å². The highest BCUT2D eigenvalue weighted by atomic mass is 19.1. The van der Waals surface area contributed by atoms with Crippen LogP contribution in [0.2, 0.25) is 0 Å². The highest BCUT2D eigenvalue weighted by Gasteiger charge is 2.23. The first kappa shape index (κ1) is 19.1. The third-order valence-electron chi connectivity index (χ3n) is 5.55. The van der Waals surface area contributed by atoms with Crippen molar-refractivity contribution in [3.8, 4) is 11.1 Å². The van der Waals surface area contributed by atoms with Gasteiger partial charge >= 0.3 is 0 Å². The predicted octanol–water partition coefficient (Wildman–Crippen LogP) is 6.19. The number of hydrogen-bond donors (Lipinski definition) is 1. The molecule has 0 saturated heterocycles. The smallest absolute Gasteiger partial charge is 0.262 e. The summed E-state index contributed by atoms with van der Waals surface area (Å²) in [4.78, 5) is 13.5. The molecule has 0 amide bonds. The van der Waals surface area contributed by atoms with Crippen LogP contribution in [0.5, 0.6) is 0 Å². The molecule has 0 fully saturated rings. The third-order valence-corrected chi connectivity index (χ3v) is 5.55. The van der Waals surface area contributed by atoms with Crippen molar-refractivity contribution in [1.29, 1.82) is 0 Å². The van der Waals surface area contributed by atoms with Crippen molar-refractivity contribution < 1.29 is 8.81 Å². The number of aryl methyl sites for hydroxylation is 1. The molecule has 154 valence electrons. The van der Waals surface area contributed by atoms with Gasteiger partial charge in [0.05, 0.1) is 16.5 Å². The Balaban J connectivity index is 1.79.